The molecular formula is C19H23N3O. The van der Waals surface area contributed by atoms with Gasteiger partial charge in [0.05, 0.1) is 5.69 Å². The van der Waals surface area contributed by atoms with Crippen molar-refractivity contribution in [2.45, 2.75) is 39.5 Å². The van der Waals surface area contributed by atoms with Gasteiger partial charge in [0, 0.05) is 30.1 Å². The summed E-state index contributed by atoms with van der Waals surface area (Å²) in [5, 5.41) is 7.40. The number of carbonyl (C=O) groups excluding carboxylic acids is 1. The van der Waals surface area contributed by atoms with Crippen LogP contribution < -0.4 is 5.32 Å². The Bertz CT molecular complexity index is 771. The second-order valence-corrected chi connectivity index (χ2v) is 6.18. The fourth-order valence-electron chi connectivity index (χ4n) is 3.26. The summed E-state index contributed by atoms with van der Waals surface area (Å²) in [7, 11) is 1.91. The second kappa shape index (κ2) is 6.41. The van der Waals surface area contributed by atoms with Crippen LogP contribution in [0.5, 0.6) is 0 Å². The number of amides is 1. The first kappa shape index (κ1) is 15.5. The van der Waals surface area contributed by atoms with Crippen LogP contribution in [0.15, 0.2) is 24.3 Å². The van der Waals surface area contributed by atoms with E-state index >= 15 is 0 Å². The molecule has 23 heavy (non-hydrogen) atoms. The van der Waals surface area contributed by atoms with Crippen LogP contribution >= 0.6 is 0 Å². The molecule has 1 aliphatic carbocycles. The Morgan fingerprint density at radius 2 is 2.04 bits per heavy atom. The number of nitrogens with zero attached hydrogens (tertiary/aromatic N) is 2. The number of nitrogens with one attached hydrogen (secondary N) is 1. The quantitative estimate of drug-likeness (QED) is 0.881. The Balaban J connectivity index is 1.76. The highest BCUT2D eigenvalue weighted by atomic mass is 16.1. The summed E-state index contributed by atoms with van der Waals surface area (Å²) in [6.07, 6.45) is 8.05. The SMILES string of the molecule is Cc1nn(C)c(C)c1/C=C/C(=O)Nc1cccc2c1CCCC2. The lowest BCUT2D eigenvalue weighted by Crippen LogP contribution is -2.13. The molecule has 0 saturated carbocycles. The largest absolute Gasteiger partial charge is 0.322 e. The smallest absolute Gasteiger partial charge is 0.248 e. The topological polar surface area (TPSA) is 46.9 Å². The summed E-state index contributed by atoms with van der Waals surface area (Å²) >= 11 is 0. The van der Waals surface area contributed by atoms with Gasteiger partial charge in [-0.15, -0.1) is 0 Å². The molecule has 120 valence electrons. The van der Waals surface area contributed by atoms with E-state index in [0.29, 0.717) is 0 Å². The molecule has 0 radical (unpaired) electrons. The predicted molar refractivity (Wildman–Crippen MR) is 93.4 cm³/mol. The molecule has 0 saturated heterocycles. The van der Waals surface area contributed by atoms with Crippen LogP contribution in [0.3, 0.4) is 0 Å². The standard InChI is InChI=1S/C19H23N3O/c1-13-16(14(2)22(3)21-13)11-12-19(23)20-18-10-6-8-15-7-4-5-9-17(15)18/h6,8,10-12H,4-5,7,9H2,1-3H3,(H,20,23)/b12-11+. The minimum Gasteiger partial charge on any atom is -0.322 e. The first-order chi connectivity index (χ1) is 11.1. The maximum absolute atomic E-state index is 12.3. The molecule has 0 bridgehead atoms. The zero-order valence-electron chi connectivity index (χ0n) is 14.0. The van der Waals surface area contributed by atoms with Gasteiger partial charge in [0.2, 0.25) is 5.91 Å². The highest BCUT2D eigenvalue weighted by Crippen LogP contribution is 2.27. The zero-order valence-corrected chi connectivity index (χ0v) is 14.0. The lowest BCUT2D eigenvalue weighted by atomic mass is 9.90. The van der Waals surface area contributed by atoms with Crippen LogP contribution in [-0.2, 0) is 24.7 Å². The number of rotatable bonds is 3. The Kier molecular flexibility index (Phi) is 4.33. The Hall–Kier alpha value is -2.36. The molecule has 0 aliphatic heterocycles. The number of anilines is 1. The van der Waals surface area contributed by atoms with Gasteiger partial charge >= 0.3 is 0 Å². The van der Waals surface area contributed by atoms with Crippen LogP contribution in [0.4, 0.5) is 5.69 Å². The van der Waals surface area contributed by atoms with Gasteiger partial charge in [0.25, 0.3) is 0 Å². The number of hydrogen-bond donors (Lipinski definition) is 1. The van der Waals surface area contributed by atoms with Gasteiger partial charge in [-0.3, -0.25) is 9.48 Å². The third-order valence-electron chi connectivity index (χ3n) is 4.62. The molecule has 2 aromatic rings. The third-order valence-corrected chi connectivity index (χ3v) is 4.62. The average molecular weight is 309 g/mol. The van der Waals surface area contributed by atoms with Crippen molar-refractivity contribution in [3.05, 3.63) is 52.4 Å². The Morgan fingerprint density at radius 3 is 2.78 bits per heavy atom. The molecule has 1 aromatic carbocycles. The first-order valence-corrected chi connectivity index (χ1v) is 8.16. The van der Waals surface area contributed by atoms with Crippen molar-refractivity contribution in [2.75, 3.05) is 5.32 Å². The molecule has 0 spiro atoms. The minimum absolute atomic E-state index is 0.0911. The van der Waals surface area contributed by atoms with Crippen LogP contribution in [0.2, 0.25) is 0 Å². The highest BCUT2D eigenvalue weighted by Gasteiger charge is 2.14. The number of benzene rings is 1. The van der Waals surface area contributed by atoms with Gasteiger partial charge in [0.15, 0.2) is 0 Å². The van der Waals surface area contributed by atoms with E-state index in [4.69, 9.17) is 0 Å². The van der Waals surface area contributed by atoms with Crippen molar-refractivity contribution in [1.82, 2.24) is 9.78 Å². The second-order valence-electron chi connectivity index (χ2n) is 6.18. The number of aryl methyl sites for hydroxylation is 3. The fourth-order valence-corrected chi connectivity index (χ4v) is 3.26. The molecule has 1 heterocycles. The van der Waals surface area contributed by atoms with Crippen molar-refractivity contribution < 1.29 is 4.79 Å². The number of hydrogen-bond acceptors (Lipinski definition) is 2. The normalized spacial score (nSPS) is 14.0. The van der Waals surface area contributed by atoms with Crippen LogP contribution in [0.25, 0.3) is 6.08 Å². The number of carbonyl (C=O) groups is 1. The van der Waals surface area contributed by atoms with Gasteiger partial charge in [0.1, 0.15) is 0 Å². The summed E-state index contributed by atoms with van der Waals surface area (Å²) in [6, 6.07) is 6.19. The van der Waals surface area contributed by atoms with E-state index in [9.17, 15) is 4.79 Å². The summed E-state index contributed by atoms with van der Waals surface area (Å²) in [5.74, 6) is -0.0911. The van der Waals surface area contributed by atoms with E-state index in [1.807, 2.05) is 43.8 Å². The lowest BCUT2D eigenvalue weighted by molar-refractivity contribution is -0.111. The molecule has 4 heteroatoms. The van der Waals surface area contributed by atoms with E-state index in [1.54, 1.807) is 6.08 Å². The Labute approximate surface area is 137 Å². The van der Waals surface area contributed by atoms with Gasteiger partial charge in [-0.05, 0) is 62.8 Å². The molecule has 0 atom stereocenters. The van der Waals surface area contributed by atoms with Crippen molar-refractivity contribution in [3.63, 3.8) is 0 Å². The maximum Gasteiger partial charge on any atom is 0.248 e. The summed E-state index contributed by atoms with van der Waals surface area (Å²) < 4.78 is 1.83. The van der Waals surface area contributed by atoms with E-state index < -0.39 is 0 Å². The van der Waals surface area contributed by atoms with Crippen molar-refractivity contribution in [2.24, 2.45) is 7.05 Å². The van der Waals surface area contributed by atoms with Crippen LogP contribution in [0, 0.1) is 13.8 Å². The molecule has 3 rings (SSSR count). The van der Waals surface area contributed by atoms with Crippen molar-refractivity contribution >= 4 is 17.7 Å². The van der Waals surface area contributed by atoms with E-state index in [2.05, 4.69) is 16.5 Å². The van der Waals surface area contributed by atoms with E-state index in [1.165, 1.54) is 24.0 Å². The van der Waals surface area contributed by atoms with Crippen molar-refractivity contribution in [3.8, 4) is 0 Å². The van der Waals surface area contributed by atoms with Gasteiger partial charge < -0.3 is 5.32 Å². The number of fused-ring (bicyclic) bond motifs is 1. The predicted octanol–water partition coefficient (Wildman–Crippen LogP) is 3.57. The molecule has 1 N–H and O–H groups in total. The molecular weight excluding hydrogens is 286 g/mol. The van der Waals surface area contributed by atoms with Crippen LogP contribution in [0.1, 0.15) is 40.9 Å². The maximum atomic E-state index is 12.3. The summed E-state index contributed by atoms with van der Waals surface area (Å²) in [5.41, 5.74) is 6.63. The highest BCUT2D eigenvalue weighted by molar-refractivity contribution is 6.02. The Morgan fingerprint density at radius 1 is 1.26 bits per heavy atom. The van der Waals surface area contributed by atoms with E-state index in [-0.39, 0.29) is 5.91 Å². The van der Waals surface area contributed by atoms with Gasteiger partial charge in [-0.1, -0.05) is 12.1 Å². The monoisotopic (exact) mass is 309 g/mol. The molecule has 0 fully saturated rings. The first-order valence-electron chi connectivity index (χ1n) is 8.16. The molecule has 4 nitrogen and oxygen atoms in total. The van der Waals surface area contributed by atoms with E-state index in [0.717, 1.165) is 35.5 Å². The molecule has 1 aromatic heterocycles. The molecule has 0 unspecified atom stereocenters. The summed E-state index contributed by atoms with van der Waals surface area (Å²) in [4.78, 5) is 12.3. The van der Waals surface area contributed by atoms with Gasteiger partial charge in [-0.2, -0.15) is 5.10 Å². The fraction of sp³-hybridized carbons (Fsp3) is 0.368. The molecule has 1 aliphatic rings. The van der Waals surface area contributed by atoms with Crippen molar-refractivity contribution in [1.29, 1.82) is 0 Å². The van der Waals surface area contributed by atoms with Gasteiger partial charge in [-0.25, -0.2) is 0 Å². The third kappa shape index (κ3) is 3.21. The lowest BCUT2D eigenvalue weighted by Gasteiger charge is -2.19. The summed E-state index contributed by atoms with van der Waals surface area (Å²) in [6.45, 7) is 3.96. The number of aromatic nitrogens is 2. The zero-order chi connectivity index (χ0) is 16.4. The van der Waals surface area contributed by atoms with Crippen LogP contribution in [-0.4, -0.2) is 15.7 Å². The average Bonchev–Trinajstić information content (AvgIpc) is 2.78. The minimum atomic E-state index is -0.0911. The molecule has 1 amide bonds.